The molecule has 0 unspecified atom stereocenters. The maximum absolute atomic E-state index is 13.0. The number of likely N-dealkylation sites (tertiary alicyclic amines) is 1. The molecule has 0 radical (unpaired) electrons. The summed E-state index contributed by atoms with van der Waals surface area (Å²) in [6.45, 7) is 8.62. The average molecular weight is 487 g/mol. The first-order valence-corrected chi connectivity index (χ1v) is 11.8. The number of ether oxygens (including phenoxy) is 1. The fourth-order valence-corrected chi connectivity index (χ4v) is 3.89. The zero-order valence-electron chi connectivity index (χ0n) is 18.5. The standard InChI is InChI=1S/C25H31BrN2O3/c1-17(2)11-14-31-23-8-7-20(26)16-22(23)24(29)27-21-6-4-5-19(15-21)25(30)28-12-9-18(3)10-13-28/h4-8,15-18H,9-14H2,1-3H3,(H,27,29). The zero-order chi connectivity index (χ0) is 22.4. The highest BCUT2D eigenvalue weighted by molar-refractivity contribution is 9.10. The van der Waals surface area contributed by atoms with Gasteiger partial charge in [0.25, 0.3) is 11.8 Å². The molecule has 1 aliphatic heterocycles. The normalized spacial score (nSPS) is 14.5. The second kappa shape index (κ2) is 10.8. The minimum absolute atomic E-state index is 0.0168. The lowest BCUT2D eigenvalue weighted by atomic mass is 9.98. The topological polar surface area (TPSA) is 58.6 Å². The molecular formula is C25H31BrN2O3. The number of carbonyl (C=O) groups excluding carboxylic acids is 2. The summed E-state index contributed by atoms with van der Waals surface area (Å²) in [5, 5.41) is 2.92. The minimum atomic E-state index is -0.266. The van der Waals surface area contributed by atoms with Gasteiger partial charge in [-0.2, -0.15) is 0 Å². The zero-order valence-corrected chi connectivity index (χ0v) is 20.1. The van der Waals surface area contributed by atoms with Crippen LogP contribution in [0.4, 0.5) is 5.69 Å². The monoisotopic (exact) mass is 486 g/mol. The van der Waals surface area contributed by atoms with Crippen molar-refractivity contribution in [2.75, 3.05) is 25.0 Å². The first-order valence-electron chi connectivity index (χ1n) is 11.0. The van der Waals surface area contributed by atoms with E-state index < -0.39 is 0 Å². The molecule has 1 aliphatic rings. The number of rotatable bonds is 7. The summed E-state index contributed by atoms with van der Waals surface area (Å²) in [6, 6.07) is 12.6. The first kappa shape index (κ1) is 23.3. The van der Waals surface area contributed by atoms with E-state index >= 15 is 0 Å². The molecule has 166 valence electrons. The predicted octanol–water partition coefficient (Wildman–Crippen LogP) is 6.00. The van der Waals surface area contributed by atoms with Crippen LogP contribution in [0.3, 0.4) is 0 Å². The summed E-state index contributed by atoms with van der Waals surface area (Å²) in [6.07, 6.45) is 2.98. The van der Waals surface area contributed by atoms with Crippen molar-refractivity contribution in [1.29, 1.82) is 0 Å². The molecule has 1 fully saturated rings. The lowest BCUT2D eigenvalue weighted by molar-refractivity contribution is 0.0697. The molecule has 2 amide bonds. The van der Waals surface area contributed by atoms with Crippen LogP contribution in [0, 0.1) is 11.8 Å². The molecule has 2 aromatic rings. The van der Waals surface area contributed by atoms with Crippen molar-refractivity contribution < 1.29 is 14.3 Å². The molecule has 0 spiro atoms. The molecule has 5 nitrogen and oxygen atoms in total. The van der Waals surface area contributed by atoms with Crippen molar-refractivity contribution in [2.45, 2.75) is 40.0 Å². The molecule has 6 heteroatoms. The van der Waals surface area contributed by atoms with Crippen LogP contribution in [-0.4, -0.2) is 36.4 Å². The Morgan fingerprint density at radius 3 is 2.61 bits per heavy atom. The molecule has 3 rings (SSSR count). The van der Waals surface area contributed by atoms with E-state index in [-0.39, 0.29) is 11.8 Å². The third-order valence-corrected chi connectivity index (χ3v) is 6.07. The average Bonchev–Trinajstić information content (AvgIpc) is 2.74. The minimum Gasteiger partial charge on any atom is -0.493 e. The molecule has 0 aliphatic carbocycles. The molecule has 31 heavy (non-hydrogen) atoms. The van der Waals surface area contributed by atoms with Gasteiger partial charge in [0.05, 0.1) is 12.2 Å². The van der Waals surface area contributed by atoms with E-state index in [0.717, 1.165) is 36.8 Å². The van der Waals surface area contributed by atoms with E-state index in [0.29, 0.717) is 41.0 Å². The van der Waals surface area contributed by atoms with Crippen LogP contribution in [0.2, 0.25) is 0 Å². The summed E-state index contributed by atoms with van der Waals surface area (Å²) in [7, 11) is 0. The second-order valence-corrected chi connectivity index (χ2v) is 9.60. The van der Waals surface area contributed by atoms with Crippen LogP contribution >= 0.6 is 15.9 Å². The van der Waals surface area contributed by atoms with Crippen molar-refractivity contribution >= 4 is 33.4 Å². The highest BCUT2D eigenvalue weighted by atomic mass is 79.9. The number of carbonyl (C=O) groups is 2. The summed E-state index contributed by atoms with van der Waals surface area (Å²) in [4.78, 5) is 27.8. The third kappa shape index (κ3) is 6.57. The van der Waals surface area contributed by atoms with Crippen LogP contribution in [0.25, 0.3) is 0 Å². The van der Waals surface area contributed by atoms with Gasteiger partial charge in [0.15, 0.2) is 0 Å². The number of nitrogens with one attached hydrogen (secondary N) is 1. The van der Waals surface area contributed by atoms with Gasteiger partial charge in [-0.1, -0.05) is 42.8 Å². The van der Waals surface area contributed by atoms with Gasteiger partial charge >= 0.3 is 0 Å². The summed E-state index contributed by atoms with van der Waals surface area (Å²) < 4.78 is 6.67. The summed E-state index contributed by atoms with van der Waals surface area (Å²) in [5.41, 5.74) is 1.64. The van der Waals surface area contributed by atoms with E-state index in [4.69, 9.17) is 4.74 Å². The fraction of sp³-hybridized carbons (Fsp3) is 0.440. The number of hydrogen-bond donors (Lipinski definition) is 1. The number of nitrogens with zero attached hydrogens (tertiary/aromatic N) is 1. The molecule has 1 saturated heterocycles. The lowest BCUT2D eigenvalue weighted by Gasteiger charge is -2.30. The van der Waals surface area contributed by atoms with Crippen LogP contribution in [0.15, 0.2) is 46.9 Å². The first-order chi connectivity index (χ1) is 14.8. The molecule has 0 saturated carbocycles. The number of hydrogen-bond acceptors (Lipinski definition) is 3. The maximum Gasteiger partial charge on any atom is 0.259 e. The maximum atomic E-state index is 13.0. The van der Waals surface area contributed by atoms with E-state index in [1.807, 2.05) is 11.0 Å². The van der Waals surface area contributed by atoms with Gasteiger partial charge in [-0.15, -0.1) is 0 Å². The van der Waals surface area contributed by atoms with E-state index in [9.17, 15) is 9.59 Å². The Morgan fingerprint density at radius 1 is 1.16 bits per heavy atom. The molecular weight excluding hydrogens is 456 g/mol. The van der Waals surface area contributed by atoms with Crippen LogP contribution < -0.4 is 10.1 Å². The van der Waals surface area contributed by atoms with Crippen molar-refractivity contribution in [1.82, 2.24) is 4.90 Å². The number of anilines is 1. The Morgan fingerprint density at radius 2 is 1.90 bits per heavy atom. The third-order valence-electron chi connectivity index (χ3n) is 5.58. The quantitative estimate of drug-likeness (QED) is 0.521. The number of piperidine rings is 1. The van der Waals surface area contributed by atoms with Gasteiger partial charge < -0.3 is 15.0 Å². The second-order valence-electron chi connectivity index (χ2n) is 8.68. The van der Waals surface area contributed by atoms with Gasteiger partial charge in [-0.3, -0.25) is 9.59 Å². The SMILES string of the molecule is CC(C)CCOc1ccc(Br)cc1C(=O)Nc1cccc(C(=O)N2CCC(C)CC2)c1. The fourth-order valence-electron chi connectivity index (χ4n) is 3.53. The number of amides is 2. The Kier molecular flexibility index (Phi) is 8.13. The lowest BCUT2D eigenvalue weighted by Crippen LogP contribution is -2.37. The van der Waals surface area contributed by atoms with Crippen LogP contribution in [0.1, 0.15) is 60.7 Å². The van der Waals surface area contributed by atoms with Gasteiger partial charge in [-0.25, -0.2) is 0 Å². The Hall–Kier alpha value is -2.34. The number of benzene rings is 2. The molecule has 0 aromatic heterocycles. The predicted molar refractivity (Wildman–Crippen MR) is 128 cm³/mol. The van der Waals surface area contributed by atoms with E-state index in [1.54, 1.807) is 36.4 Å². The summed E-state index contributed by atoms with van der Waals surface area (Å²) in [5.74, 6) is 1.49. The molecule has 0 bridgehead atoms. The van der Waals surface area contributed by atoms with Gasteiger partial charge in [0.1, 0.15) is 5.75 Å². The van der Waals surface area contributed by atoms with Crippen molar-refractivity contribution in [3.8, 4) is 5.75 Å². The van der Waals surface area contributed by atoms with Gasteiger partial charge in [0.2, 0.25) is 0 Å². The summed E-state index contributed by atoms with van der Waals surface area (Å²) >= 11 is 3.43. The van der Waals surface area contributed by atoms with Crippen molar-refractivity contribution in [2.24, 2.45) is 11.8 Å². The highest BCUT2D eigenvalue weighted by Crippen LogP contribution is 2.26. The highest BCUT2D eigenvalue weighted by Gasteiger charge is 2.22. The molecule has 2 aromatic carbocycles. The van der Waals surface area contributed by atoms with Gasteiger partial charge in [0, 0.05) is 28.8 Å². The van der Waals surface area contributed by atoms with E-state index in [1.165, 1.54) is 0 Å². The molecule has 1 N–H and O–H groups in total. The molecule has 0 atom stereocenters. The van der Waals surface area contributed by atoms with Crippen LogP contribution in [-0.2, 0) is 0 Å². The Bertz CT molecular complexity index is 921. The van der Waals surface area contributed by atoms with Crippen LogP contribution in [0.5, 0.6) is 5.75 Å². The number of halogens is 1. The van der Waals surface area contributed by atoms with Crippen molar-refractivity contribution in [3.63, 3.8) is 0 Å². The Labute approximate surface area is 193 Å². The smallest absolute Gasteiger partial charge is 0.259 e. The Balaban J connectivity index is 1.71. The largest absolute Gasteiger partial charge is 0.493 e. The molecule has 1 heterocycles. The van der Waals surface area contributed by atoms with Crippen molar-refractivity contribution in [3.05, 3.63) is 58.1 Å². The van der Waals surface area contributed by atoms with E-state index in [2.05, 4.69) is 42.0 Å². The van der Waals surface area contributed by atoms with Gasteiger partial charge in [-0.05, 0) is 67.5 Å².